The van der Waals surface area contributed by atoms with Gasteiger partial charge in [-0.2, -0.15) is 0 Å². The van der Waals surface area contributed by atoms with Gasteiger partial charge in [0.2, 0.25) is 0 Å². The van der Waals surface area contributed by atoms with Crippen molar-refractivity contribution >= 4 is 17.5 Å². The standard InChI is InChI=1S/C17H15NO6/c1-23-12-5-6-13(17(10-12)24-2)15(19)7-3-11-4-8-16(20)14(9-11)18(21)22/h3-10,20H,1-2H3/p-1/b7-3+. The number of hydrogen-bond donors (Lipinski definition) is 0. The average Bonchev–Trinajstić information content (AvgIpc) is 2.59. The molecular formula is C17H14NO6-. The van der Waals surface area contributed by atoms with E-state index < -0.39 is 16.4 Å². The van der Waals surface area contributed by atoms with Gasteiger partial charge in [-0.1, -0.05) is 18.2 Å². The molecule has 0 fully saturated rings. The van der Waals surface area contributed by atoms with Gasteiger partial charge in [0.1, 0.15) is 11.5 Å². The van der Waals surface area contributed by atoms with E-state index in [1.54, 1.807) is 18.2 Å². The van der Waals surface area contributed by atoms with E-state index in [4.69, 9.17) is 9.47 Å². The summed E-state index contributed by atoms with van der Waals surface area (Å²) in [5.41, 5.74) is 0.165. The molecular weight excluding hydrogens is 314 g/mol. The minimum Gasteiger partial charge on any atom is -0.868 e. The van der Waals surface area contributed by atoms with Crippen molar-refractivity contribution in [1.29, 1.82) is 0 Å². The van der Waals surface area contributed by atoms with Crippen LogP contribution in [0.5, 0.6) is 17.2 Å². The summed E-state index contributed by atoms with van der Waals surface area (Å²) in [6.07, 6.45) is 2.66. The first kappa shape index (κ1) is 17.0. The molecule has 24 heavy (non-hydrogen) atoms. The van der Waals surface area contributed by atoms with E-state index >= 15 is 0 Å². The molecule has 7 nitrogen and oxygen atoms in total. The summed E-state index contributed by atoms with van der Waals surface area (Å²) < 4.78 is 10.2. The summed E-state index contributed by atoms with van der Waals surface area (Å²) in [5.74, 6) is -0.123. The summed E-state index contributed by atoms with van der Waals surface area (Å²) in [6.45, 7) is 0. The van der Waals surface area contributed by atoms with Crippen LogP contribution in [0, 0.1) is 10.1 Å². The Bertz CT molecular complexity index is 813. The lowest BCUT2D eigenvalue weighted by Crippen LogP contribution is -2.00. The van der Waals surface area contributed by atoms with E-state index in [1.807, 2.05) is 0 Å². The SMILES string of the molecule is COc1ccc(C(=O)/C=C/c2ccc([O-])c([N+](=O)[O-])c2)c(OC)c1. The third kappa shape index (κ3) is 3.70. The molecule has 0 saturated heterocycles. The van der Waals surface area contributed by atoms with Crippen LogP contribution in [0.15, 0.2) is 42.5 Å². The predicted octanol–water partition coefficient (Wildman–Crippen LogP) is 2.58. The summed E-state index contributed by atoms with van der Waals surface area (Å²) >= 11 is 0. The van der Waals surface area contributed by atoms with Gasteiger partial charge in [-0.3, -0.25) is 14.9 Å². The van der Waals surface area contributed by atoms with Gasteiger partial charge in [0, 0.05) is 12.1 Å². The van der Waals surface area contributed by atoms with Gasteiger partial charge in [-0.25, -0.2) is 0 Å². The van der Waals surface area contributed by atoms with Crippen LogP contribution in [0.1, 0.15) is 15.9 Å². The Kier molecular flexibility index (Phi) is 5.16. The molecule has 0 saturated carbocycles. The maximum absolute atomic E-state index is 12.3. The van der Waals surface area contributed by atoms with Crippen molar-refractivity contribution in [3.63, 3.8) is 0 Å². The highest BCUT2D eigenvalue weighted by atomic mass is 16.6. The van der Waals surface area contributed by atoms with E-state index in [1.165, 1.54) is 32.4 Å². The van der Waals surface area contributed by atoms with E-state index in [0.29, 0.717) is 22.6 Å². The van der Waals surface area contributed by atoms with Gasteiger partial charge >= 0.3 is 0 Å². The second-order valence-electron chi connectivity index (χ2n) is 4.75. The Morgan fingerprint density at radius 2 is 1.88 bits per heavy atom. The largest absolute Gasteiger partial charge is 0.868 e. The monoisotopic (exact) mass is 328 g/mol. The number of nitro benzene ring substituents is 1. The summed E-state index contributed by atoms with van der Waals surface area (Å²) in [4.78, 5) is 22.3. The van der Waals surface area contributed by atoms with Gasteiger partial charge < -0.3 is 14.6 Å². The van der Waals surface area contributed by atoms with Crippen LogP contribution >= 0.6 is 0 Å². The number of ketones is 1. The number of ether oxygens (including phenoxy) is 2. The molecule has 0 aliphatic carbocycles. The average molecular weight is 328 g/mol. The predicted molar refractivity (Wildman–Crippen MR) is 85.5 cm³/mol. The lowest BCUT2D eigenvalue weighted by Gasteiger charge is -2.08. The molecule has 0 amide bonds. The summed E-state index contributed by atoms with van der Waals surface area (Å²) in [7, 11) is 2.94. The Hall–Kier alpha value is -3.35. The summed E-state index contributed by atoms with van der Waals surface area (Å²) in [6, 6.07) is 8.39. The van der Waals surface area contributed by atoms with Crippen LogP contribution in [0.4, 0.5) is 5.69 Å². The Morgan fingerprint density at radius 1 is 1.12 bits per heavy atom. The highest BCUT2D eigenvalue weighted by molar-refractivity contribution is 6.08. The fraction of sp³-hybridized carbons (Fsp3) is 0.118. The van der Waals surface area contributed by atoms with Crippen molar-refractivity contribution in [3.05, 3.63) is 63.7 Å². The molecule has 0 unspecified atom stereocenters. The van der Waals surface area contributed by atoms with Crippen LogP contribution in [-0.2, 0) is 0 Å². The van der Waals surface area contributed by atoms with Crippen molar-refractivity contribution in [2.45, 2.75) is 0 Å². The van der Waals surface area contributed by atoms with E-state index in [-0.39, 0.29) is 5.78 Å². The third-order valence-corrected chi connectivity index (χ3v) is 3.28. The zero-order chi connectivity index (χ0) is 17.7. The smallest absolute Gasteiger partial charge is 0.262 e. The highest BCUT2D eigenvalue weighted by Crippen LogP contribution is 2.26. The molecule has 0 bridgehead atoms. The van der Waals surface area contributed by atoms with Crippen LogP contribution in [-0.4, -0.2) is 24.9 Å². The van der Waals surface area contributed by atoms with Gasteiger partial charge in [-0.15, -0.1) is 0 Å². The normalized spacial score (nSPS) is 10.6. The zero-order valence-electron chi connectivity index (χ0n) is 13.0. The fourth-order valence-corrected chi connectivity index (χ4v) is 2.04. The number of benzene rings is 2. The van der Waals surface area contributed by atoms with Crippen molar-refractivity contribution in [2.75, 3.05) is 14.2 Å². The van der Waals surface area contributed by atoms with Crippen LogP contribution in [0.2, 0.25) is 0 Å². The first-order chi connectivity index (χ1) is 11.5. The molecule has 0 aromatic heterocycles. The molecule has 124 valence electrons. The van der Waals surface area contributed by atoms with E-state index in [0.717, 1.165) is 12.1 Å². The quantitative estimate of drug-likeness (QED) is 0.349. The lowest BCUT2D eigenvalue weighted by atomic mass is 10.1. The van der Waals surface area contributed by atoms with Crippen molar-refractivity contribution in [3.8, 4) is 17.2 Å². The van der Waals surface area contributed by atoms with Crippen LogP contribution in [0.25, 0.3) is 6.08 Å². The first-order valence-corrected chi connectivity index (χ1v) is 6.86. The maximum Gasteiger partial charge on any atom is 0.262 e. The number of allylic oxidation sites excluding steroid dienone is 1. The van der Waals surface area contributed by atoms with Gasteiger partial charge in [0.25, 0.3) is 5.69 Å². The molecule has 2 aromatic rings. The molecule has 0 radical (unpaired) electrons. The van der Waals surface area contributed by atoms with Gasteiger partial charge in [0.15, 0.2) is 5.78 Å². The number of carbonyl (C=O) groups is 1. The molecule has 2 aromatic carbocycles. The van der Waals surface area contributed by atoms with Gasteiger partial charge in [0.05, 0.1) is 24.7 Å². The lowest BCUT2D eigenvalue weighted by molar-refractivity contribution is -0.398. The van der Waals surface area contributed by atoms with E-state index in [2.05, 4.69) is 0 Å². The topological polar surface area (TPSA) is 102 Å². The zero-order valence-corrected chi connectivity index (χ0v) is 13.0. The maximum atomic E-state index is 12.3. The molecule has 0 heterocycles. The molecule has 0 atom stereocenters. The third-order valence-electron chi connectivity index (χ3n) is 3.28. The molecule has 0 spiro atoms. The number of carbonyl (C=O) groups excluding carboxylic acids is 1. The van der Waals surface area contributed by atoms with Crippen molar-refractivity contribution in [2.24, 2.45) is 0 Å². The number of nitro groups is 1. The minimum absolute atomic E-state index is 0.324. The first-order valence-electron chi connectivity index (χ1n) is 6.86. The van der Waals surface area contributed by atoms with Crippen molar-refractivity contribution < 1.29 is 24.3 Å². The molecule has 0 aliphatic rings. The van der Waals surface area contributed by atoms with Crippen LogP contribution in [0.3, 0.4) is 0 Å². The molecule has 2 rings (SSSR count). The van der Waals surface area contributed by atoms with E-state index in [9.17, 15) is 20.0 Å². The Labute approximate surface area is 137 Å². The second kappa shape index (κ2) is 7.28. The number of hydrogen-bond acceptors (Lipinski definition) is 6. The number of nitrogens with zero attached hydrogens (tertiary/aromatic N) is 1. The summed E-state index contributed by atoms with van der Waals surface area (Å²) in [5, 5.41) is 22.1. The molecule has 0 N–H and O–H groups in total. The fourth-order valence-electron chi connectivity index (χ4n) is 2.04. The highest BCUT2D eigenvalue weighted by Gasteiger charge is 2.11. The molecule has 7 heteroatoms. The number of rotatable bonds is 6. The Balaban J connectivity index is 2.28. The van der Waals surface area contributed by atoms with Crippen LogP contribution < -0.4 is 14.6 Å². The number of methoxy groups -OCH3 is 2. The minimum atomic E-state index is -0.756. The van der Waals surface area contributed by atoms with Gasteiger partial charge in [-0.05, 0) is 29.5 Å². The van der Waals surface area contributed by atoms with Crippen molar-refractivity contribution in [1.82, 2.24) is 0 Å². The second-order valence-corrected chi connectivity index (χ2v) is 4.75. The Morgan fingerprint density at radius 3 is 2.50 bits per heavy atom. The molecule has 0 aliphatic heterocycles.